The molecule has 0 aromatic rings. The van der Waals surface area contributed by atoms with E-state index in [0.29, 0.717) is 0 Å². The first kappa shape index (κ1) is 21.0. The largest absolute Gasteiger partial charge is 0.593 e. The summed E-state index contributed by atoms with van der Waals surface area (Å²) in [7, 11) is -3.48. The van der Waals surface area contributed by atoms with Gasteiger partial charge in [0.15, 0.2) is 11.9 Å². The van der Waals surface area contributed by atoms with Crippen molar-refractivity contribution in [1.29, 1.82) is 0 Å². The molecule has 6 atom stereocenters. The maximum absolute atomic E-state index is 11.6. The molecule has 6 N–H and O–H groups in total. The second-order valence-corrected chi connectivity index (χ2v) is 6.13. The Morgan fingerprint density at radius 1 is 1.14 bits per heavy atom. The third-order valence-corrected chi connectivity index (χ3v) is 3.69. The second-order valence-electron chi connectivity index (χ2n) is 5.03. The summed E-state index contributed by atoms with van der Waals surface area (Å²) in [6, 6.07) is -1.07. The molecule has 0 aromatic carbocycles. The number of Topliss-reactive ketones (excluding diaryl/α,β-unsaturated/α-hetero) is 1. The zero-order valence-corrected chi connectivity index (χ0v) is 12.9. The summed E-state index contributed by atoms with van der Waals surface area (Å²) in [5, 5.41) is 48.6. The van der Waals surface area contributed by atoms with E-state index in [9.17, 15) is 34.4 Å². The van der Waals surface area contributed by atoms with Crippen molar-refractivity contribution in [3.8, 4) is 0 Å². The summed E-state index contributed by atoms with van der Waals surface area (Å²) in [4.78, 5) is 33.0. The second kappa shape index (κ2) is 9.21. The average Bonchev–Trinajstić information content (AvgIpc) is 2.42. The number of hydrogen-bond donors (Lipinski definition) is 6. The van der Waals surface area contributed by atoms with Crippen LogP contribution in [-0.4, -0.2) is 74.0 Å². The van der Waals surface area contributed by atoms with E-state index in [-0.39, 0.29) is 5.92 Å². The van der Waals surface area contributed by atoms with E-state index in [0.717, 1.165) is 0 Å². The van der Waals surface area contributed by atoms with Crippen LogP contribution in [0.1, 0.15) is 13.8 Å². The number of aliphatic hydroxyl groups excluding tert-OH is 4. The highest BCUT2D eigenvalue weighted by Gasteiger charge is 2.39. The fourth-order valence-electron chi connectivity index (χ4n) is 1.60. The number of carbonyl (C=O) groups is 2. The molecule has 0 aliphatic heterocycles. The Morgan fingerprint density at radius 2 is 1.64 bits per heavy atom. The zero-order chi connectivity index (χ0) is 17.6. The summed E-state index contributed by atoms with van der Waals surface area (Å²) >= 11 is 0. The van der Waals surface area contributed by atoms with Gasteiger partial charge in [0, 0.05) is 0 Å². The number of ketones is 1. The molecule has 10 nitrogen and oxygen atoms in total. The Balaban J connectivity index is 4.66. The lowest BCUT2D eigenvalue weighted by molar-refractivity contribution is -0.181. The van der Waals surface area contributed by atoms with Crippen molar-refractivity contribution in [3.05, 3.63) is 0 Å². The SMILES string of the molecule is CC(C)[C@H](NCC(=O)[C@@H](O)[C@H](O)[C@H](O)C(O)[P+](=O)[O-])C(=O)O. The van der Waals surface area contributed by atoms with E-state index < -0.39 is 56.5 Å². The Bertz CT molecular complexity index is 416. The number of rotatable bonds is 10. The molecule has 0 saturated heterocycles. The van der Waals surface area contributed by atoms with Crippen LogP contribution in [0, 0.1) is 5.92 Å². The van der Waals surface area contributed by atoms with Crippen LogP contribution < -0.4 is 10.2 Å². The van der Waals surface area contributed by atoms with Crippen molar-refractivity contribution in [2.45, 2.75) is 44.0 Å². The summed E-state index contributed by atoms with van der Waals surface area (Å²) in [5.74, 6) is -4.98. The quantitative estimate of drug-likeness (QED) is 0.220. The van der Waals surface area contributed by atoms with Crippen molar-refractivity contribution >= 4 is 19.8 Å². The predicted molar refractivity (Wildman–Crippen MR) is 70.9 cm³/mol. The molecule has 128 valence electrons. The highest BCUT2D eigenvalue weighted by Crippen LogP contribution is 2.21. The van der Waals surface area contributed by atoms with Gasteiger partial charge in [0.2, 0.25) is 0 Å². The molecular formula is C11H20NO9P. The lowest BCUT2D eigenvalue weighted by atomic mass is 10.0. The lowest BCUT2D eigenvalue weighted by Gasteiger charge is -2.23. The van der Waals surface area contributed by atoms with E-state index in [1.165, 1.54) is 0 Å². The van der Waals surface area contributed by atoms with Crippen LogP contribution in [0.25, 0.3) is 0 Å². The van der Waals surface area contributed by atoms with Crippen molar-refractivity contribution in [3.63, 3.8) is 0 Å². The van der Waals surface area contributed by atoms with Crippen molar-refractivity contribution < 1.29 is 44.6 Å². The fraction of sp³-hybridized carbons (Fsp3) is 0.818. The molecule has 0 saturated carbocycles. The molecular weight excluding hydrogens is 321 g/mol. The van der Waals surface area contributed by atoms with Gasteiger partial charge in [0.25, 0.3) is 5.85 Å². The third-order valence-electron chi connectivity index (χ3n) is 2.95. The van der Waals surface area contributed by atoms with Crippen molar-refractivity contribution in [1.82, 2.24) is 5.32 Å². The molecule has 0 aliphatic rings. The highest BCUT2D eigenvalue weighted by molar-refractivity contribution is 7.37. The first-order valence-corrected chi connectivity index (χ1v) is 7.60. The predicted octanol–water partition coefficient (Wildman–Crippen LogP) is -3.24. The molecule has 0 heterocycles. The Morgan fingerprint density at radius 3 is 2.00 bits per heavy atom. The van der Waals surface area contributed by atoms with Gasteiger partial charge in [0.1, 0.15) is 18.2 Å². The van der Waals surface area contributed by atoms with Crippen LogP contribution in [0.5, 0.6) is 0 Å². The minimum atomic E-state index is -3.48. The Kier molecular flexibility index (Phi) is 8.79. The van der Waals surface area contributed by atoms with E-state index >= 15 is 0 Å². The molecule has 0 aliphatic carbocycles. The minimum absolute atomic E-state index is 0.357. The number of aliphatic hydroxyl groups is 4. The normalized spacial score (nSPS) is 19.2. The van der Waals surface area contributed by atoms with Crippen LogP contribution in [0.3, 0.4) is 0 Å². The number of hydrogen-bond acceptors (Lipinski definition) is 9. The van der Waals surface area contributed by atoms with Crippen LogP contribution in [-0.2, 0) is 14.2 Å². The molecule has 0 rings (SSSR count). The summed E-state index contributed by atoms with van der Waals surface area (Å²) in [6.07, 6.45) is -6.70. The molecule has 22 heavy (non-hydrogen) atoms. The maximum Gasteiger partial charge on any atom is 0.344 e. The number of aliphatic carboxylic acids is 1. The fourth-order valence-corrected chi connectivity index (χ4v) is 2.03. The minimum Gasteiger partial charge on any atom is -0.593 e. The standard InChI is InChI=1S/C11H20NO9P/c1-4(2)6(10(17)18)12-3-5(13)7(14)8(15)9(16)11(19)22(20)21/h4,6-9,11-12,14-16,19H,3H2,1-2H3,(H,17,18)/t6-,7+,8-,9-,11?/m0/s1. The number of carboxylic acids is 1. The van der Waals surface area contributed by atoms with Crippen LogP contribution in [0.4, 0.5) is 0 Å². The van der Waals surface area contributed by atoms with E-state index in [1.807, 2.05) is 0 Å². The van der Waals surface area contributed by atoms with Gasteiger partial charge in [-0.2, -0.15) is 0 Å². The topological polar surface area (TPSA) is 187 Å². The Hall–Kier alpha value is -1.000. The third kappa shape index (κ3) is 6.01. The van der Waals surface area contributed by atoms with E-state index in [2.05, 4.69) is 5.32 Å². The first-order valence-electron chi connectivity index (χ1n) is 6.35. The first-order chi connectivity index (χ1) is 10.0. The molecule has 0 aromatic heterocycles. The molecule has 0 amide bonds. The molecule has 0 spiro atoms. The zero-order valence-electron chi connectivity index (χ0n) is 12.0. The highest BCUT2D eigenvalue weighted by atomic mass is 31.1. The number of carboxylic acid groups (broad SMARTS) is 1. The molecule has 11 heteroatoms. The van der Waals surface area contributed by atoms with Gasteiger partial charge in [-0.15, -0.1) is 0 Å². The van der Waals surface area contributed by atoms with Crippen molar-refractivity contribution in [2.24, 2.45) is 5.92 Å². The Labute approximate surface area is 127 Å². The summed E-state index contributed by atoms with van der Waals surface area (Å²) in [5.41, 5.74) is 0. The van der Waals surface area contributed by atoms with Gasteiger partial charge in [0.05, 0.1) is 6.54 Å². The van der Waals surface area contributed by atoms with Crippen LogP contribution >= 0.6 is 8.03 Å². The lowest BCUT2D eigenvalue weighted by Crippen LogP contribution is -2.51. The summed E-state index contributed by atoms with van der Waals surface area (Å²) < 4.78 is 10.5. The van der Waals surface area contributed by atoms with Gasteiger partial charge < -0.3 is 30.4 Å². The molecule has 0 bridgehead atoms. The smallest absolute Gasteiger partial charge is 0.344 e. The van der Waals surface area contributed by atoms with Gasteiger partial charge in [-0.1, -0.05) is 18.4 Å². The molecule has 0 fully saturated rings. The van der Waals surface area contributed by atoms with Crippen LogP contribution in [0.15, 0.2) is 0 Å². The molecule has 0 radical (unpaired) electrons. The van der Waals surface area contributed by atoms with E-state index in [1.54, 1.807) is 13.8 Å². The van der Waals surface area contributed by atoms with Gasteiger partial charge in [-0.3, -0.25) is 14.9 Å². The van der Waals surface area contributed by atoms with Crippen molar-refractivity contribution in [2.75, 3.05) is 6.54 Å². The monoisotopic (exact) mass is 341 g/mol. The number of carbonyl (C=O) groups excluding carboxylic acids is 1. The van der Waals surface area contributed by atoms with Gasteiger partial charge in [-0.25, -0.2) is 0 Å². The summed E-state index contributed by atoms with van der Waals surface area (Å²) in [6.45, 7) is 2.55. The van der Waals surface area contributed by atoms with Gasteiger partial charge in [-0.05, 0) is 5.92 Å². The van der Waals surface area contributed by atoms with E-state index in [4.69, 9.17) is 10.2 Å². The maximum atomic E-state index is 11.6. The number of nitrogens with one attached hydrogen (secondary N) is 1. The van der Waals surface area contributed by atoms with Crippen LogP contribution in [0.2, 0.25) is 0 Å². The molecule has 2 unspecified atom stereocenters. The average molecular weight is 341 g/mol. The van der Waals surface area contributed by atoms with Gasteiger partial charge >= 0.3 is 14.0 Å².